The van der Waals surface area contributed by atoms with Gasteiger partial charge < -0.3 is 19.9 Å². The molecular weight excluding hydrogens is 474 g/mol. The number of methoxy groups -OCH3 is 1. The molecule has 4 aromatic rings. The summed E-state index contributed by atoms with van der Waals surface area (Å²) in [5, 5.41) is 4.22. The van der Waals surface area contributed by atoms with E-state index in [1.165, 1.54) is 6.26 Å². The van der Waals surface area contributed by atoms with E-state index in [0.717, 1.165) is 59.6 Å². The Hall–Kier alpha value is -3.69. The van der Waals surface area contributed by atoms with E-state index in [9.17, 15) is 8.42 Å². The monoisotopic (exact) mass is 503 g/mol. The molecule has 0 spiro atoms. The first kappa shape index (κ1) is 24.0. The van der Waals surface area contributed by atoms with Crippen molar-refractivity contribution in [1.82, 2.24) is 14.9 Å². The number of rotatable bonds is 6. The van der Waals surface area contributed by atoms with Crippen LogP contribution in [0.15, 0.2) is 71.8 Å². The van der Waals surface area contributed by atoms with Gasteiger partial charge in [0.1, 0.15) is 5.75 Å². The molecule has 0 bridgehead atoms. The average molecular weight is 504 g/mol. The van der Waals surface area contributed by atoms with Crippen molar-refractivity contribution in [1.29, 1.82) is 0 Å². The molecule has 0 saturated carbocycles. The smallest absolute Gasteiger partial charge is 0.227 e. The molecule has 1 aliphatic rings. The number of hydrogen-bond donors (Lipinski definition) is 1. The summed E-state index contributed by atoms with van der Waals surface area (Å²) in [4.78, 5) is 14.0. The van der Waals surface area contributed by atoms with Gasteiger partial charge in [0.05, 0.1) is 23.2 Å². The largest absolute Gasteiger partial charge is 0.497 e. The SMILES string of the molecule is COc1ccc(-c2cccc3cnc(Nc4ccc(S(C)(=O)=O)c(N5CCN(C)CC5)c4)nc23)cc1. The third kappa shape index (κ3) is 4.98. The van der Waals surface area contributed by atoms with Gasteiger partial charge in [-0.3, -0.25) is 0 Å². The zero-order valence-corrected chi connectivity index (χ0v) is 21.4. The molecule has 1 N–H and O–H groups in total. The van der Waals surface area contributed by atoms with Crippen molar-refractivity contribution in [2.24, 2.45) is 0 Å². The number of benzene rings is 3. The molecule has 5 rings (SSSR count). The number of sulfone groups is 1. The number of para-hydroxylation sites is 1. The minimum absolute atomic E-state index is 0.332. The van der Waals surface area contributed by atoms with E-state index in [4.69, 9.17) is 9.72 Å². The van der Waals surface area contributed by atoms with Crippen LogP contribution in [0.1, 0.15) is 0 Å². The van der Waals surface area contributed by atoms with Gasteiger partial charge in [0.25, 0.3) is 0 Å². The first-order chi connectivity index (χ1) is 17.3. The van der Waals surface area contributed by atoms with E-state index in [2.05, 4.69) is 27.1 Å². The van der Waals surface area contributed by atoms with Gasteiger partial charge >= 0.3 is 0 Å². The molecule has 0 unspecified atom stereocenters. The molecule has 8 nitrogen and oxygen atoms in total. The molecule has 1 aliphatic heterocycles. The Balaban J connectivity index is 1.50. The summed E-state index contributed by atoms with van der Waals surface area (Å²) in [6.45, 7) is 3.28. The highest BCUT2D eigenvalue weighted by Crippen LogP contribution is 2.32. The molecule has 0 atom stereocenters. The van der Waals surface area contributed by atoms with Crippen molar-refractivity contribution in [3.05, 3.63) is 66.9 Å². The van der Waals surface area contributed by atoms with E-state index in [0.29, 0.717) is 16.5 Å². The number of ether oxygens (including phenoxy) is 1. The van der Waals surface area contributed by atoms with Crippen LogP contribution in [0.5, 0.6) is 5.75 Å². The van der Waals surface area contributed by atoms with Gasteiger partial charge in [0.15, 0.2) is 9.84 Å². The predicted octanol–water partition coefficient (Wildman–Crippen LogP) is 4.20. The topological polar surface area (TPSA) is 87.7 Å². The lowest BCUT2D eigenvalue weighted by Gasteiger charge is -2.35. The number of aromatic nitrogens is 2. The van der Waals surface area contributed by atoms with Crippen molar-refractivity contribution in [2.75, 3.05) is 56.8 Å². The zero-order chi connectivity index (χ0) is 25.3. The lowest BCUT2D eigenvalue weighted by molar-refractivity contribution is 0.312. The maximum Gasteiger partial charge on any atom is 0.227 e. The van der Waals surface area contributed by atoms with Gasteiger partial charge in [-0.2, -0.15) is 0 Å². The van der Waals surface area contributed by atoms with E-state index < -0.39 is 9.84 Å². The Morgan fingerprint density at radius 2 is 1.72 bits per heavy atom. The number of hydrogen-bond acceptors (Lipinski definition) is 8. The third-order valence-electron chi connectivity index (χ3n) is 6.47. The summed E-state index contributed by atoms with van der Waals surface area (Å²) in [6, 6.07) is 19.2. The van der Waals surface area contributed by atoms with Crippen molar-refractivity contribution in [3.63, 3.8) is 0 Å². The van der Waals surface area contributed by atoms with E-state index in [1.807, 2.05) is 48.5 Å². The number of piperazine rings is 1. The minimum atomic E-state index is -3.38. The first-order valence-corrected chi connectivity index (χ1v) is 13.7. The Bertz CT molecular complexity index is 1500. The summed E-state index contributed by atoms with van der Waals surface area (Å²) in [5.41, 5.74) is 4.28. The molecular formula is C27H29N5O3S. The number of anilines is 3. The number of fused-ring (bicyclic) bond motifs is 1. The highest BCUT2D eigenvalue weighted by atomic mass is 32.2. The third-order valence-corrected chi connectivity index (χ3v) is 7.61. The predicted molar refractivity (Wildman–Crippen MR) is 144 cm³/mol. The second-order valence-electron chi connectivity index (χ2n) is 9.04. The molecule has 1 fully saturated rings. The molecule has 1 saturated heterocycles. The van der Waals surface area contributed by atoms with Crippen LogP contribution in [-0.4, -0.2) is 69.9 Å². The average Bonchev–Trinajstić information content (AvgIpc) is 2.88. The first-order valence-electron chi connectivity index (χ1n) is 11.8. The Kier molecular flexibility index (Phi) is 6.51. The fourth-order valence-electron chi connectivity index (χ4n) is 4.45. The molecule has 9 heteroatoms. The van der Waals surface area contributed by atoms with Gasteiger partial charge in [0.2, 0.25) is 5.95 Å². The van der Waals surface area contributed by atoms with Crippen LogP contribution < -0.4 is 15.0 Å². The normalized spacial score (nSPS) is 14.7. The van der Waals surface area contributed by atoms with Crippen LogP contribution in [-0.2, 0) is 9.84 Å². The van der Waals surface area contributed by atoms with E-state index >= 15 is 0 Å². The number of nitrogens with zero attached hydrogens (tertiary/aromatic N) is 4. The van der Waals surface area contributed by atoms with Crippen molar-refractivity contribution >= 4 is 38.1 Å². The highest BCUT2D eigenvalue weighted by Gasteiger charge is 2.22. The van der Waals surface area contributed by atoms with Crippen LogP contribution >= 0.6 is 0 Å². The molecule has 0 radical (unpaired) electrons. The van der Waals surface area contributed by atoms with Crippen LogP contribution in [0.2, 0.25) is 0 Å². The summed E-state index contributed by atoms with van der Waals surface area (Å²) < 4.78 is 30.3. The maximum absolute atomic E-state index is 12.5. The summed E-state index contributed by atoms with van der Waals surface area (Å²) in [5.74, 6) is 1.24. The lowest BCUT2D eigenvalue weighted by Crippen LogP contribution is -2.44. The van der Waals surface area contributed by atoms with Crippen molar-refractivity contribution < 1.29 is 13.2 Å². The zero-order valence-electron chi connectivity index (χ0n) is 20.6. The molecule has 3 aromatic carbocycles. The van der Waals surface area contributed by atoms with Gasteiger partial charge in [-0.25, -0.2) is 18.4 Å². The highest BCUT2D eigenvalue weighted by molar-refractivity contribution is 7.90. The van der Waals surface area contributed by atoms with Gasteiger partial charge in [0, 0.05) is 55.3 Å². The fraction of sp³-hybridized carbons (Fsp3) is 0.259. The van der Waals surface area contributed by atoms with Crippen molar-refractivity contribution in [2.45, 2.75) is 4.90 Å². The van der Waals surface area contributed by atoms with Crippen LogP contribution in [0.4, 0.5) is 17.3 Å². The Morgan fingerprint density at radius 1 is 0.972 bits per heavy atom. The van der Waals surface area contributed by atoms with Crippen molar-refractivity contribution in [3.8, 4) is 16.9 Å². The molecule has 0 aliphatic carbocycles. The number of likely N-dealkylation sites (N-methyl/N-ethyl adjacent to an activating group) is 1. The van der Waals surface area contributed by atoms with Gasteiger partial charge in [-0.05, 0) is 42.9 Å². The summed E-state index contributed by atoms with van der Waals surface area (Å²) >= 11 is 0. The van der Waals surface area contributed by atoms with E-state index in [-0.39, 0.29) is 0 Å². The molecule has 186 valence electrons. The fourth-order valence-corrected chi connectivity index (χ4v) is 5.33. The Labute approximate surface area is 211 Å². The maximum atomic E-state index is 12.5. The quantitative estimate of drug-likeness (QED) is 0.419. The molecule has 0 amide bonds. The standard InChI is InChI=1S/C27H29N5O3S/c1-31-13-15-32(16-14-31)24-17-21(9-12-25(24)36(3,33)34)29-27-28-18-20-5-4-6-23(26(20)30-27)19-7-10-22(35-2)11-8-19/h4-12,17-18H,13-16H2,1-3H3,(H,28,29,30). The van der Waals surface area contributed by atoms with Gasteiger partial charge in [-0.15, -0.1) is 0 Å². The Morgan fingerprint density at radius 3 is 2.42 bits per heavy atom. The second kappa shape index (κ2) is 9.75. The second-order valence-corrected chi connectivity index (χ2v) is 11.0. The molecule has 2 heterocycles. The lowest BCUT2D eigenvalue weighted by atomic mass is 10.0. The molecule has 36 heavy (non-hydrogen) atoms. The molecule has 1 aromatic heterocycles. The van der Waals surface area contributed by atoms with Gasteiger partial charge in [-0.1, -0.05) is 30.3 Å². The summed E-state index contributed by atoms with van der Waals surface area (Å²) in [7, 11) is 0.343. The van der Waals surface area contributed by atoms with Crippen LogP contribution in [0, 0.1) is 0 Å². The number of nitrogens with one attached hydrogen (secondary N) is 1. The minimum Gasteiger partial charge on any atom is -0.497 e. The van der Waals surface area contributed by atoms with E-state index in [1.54, 1.807) is 25.4 Å². The summed E-state index contributed by atoms with van der Waals surface area (Å²) in [6.07, 6.45) is 3.05. The van der Waals surface area contributed by atoms with Crippen LogP contribution in [0.25, 0.3) is 22.0 Å². The van der Waals surface area contributed by atoms with Crippen LogP contribution in [0.3, 0.4) is 0 Å².